The summed E-state index contributed by atoms with van der Waals surface area (Å²) < 4.78 is 17.4. The molecule has 0 spiro atoms. The van der Waals surface area contributed by atoms with Crippen LogP contribution in [0.5, 0.6) is 0 Å². The smallest absolute Gasteiger partial charge is 0.822 e. The van der Waals surface area contributed by atoms with Crippen molar-refractivity contribution in [1.29, 1.82) is 0 Å². The van der Waals surface area contributed by atoms with Crippen LogP contribution in [-0.2, 0) is 9.13 Å². The zero-order valence-electron chi connectivity index (χ0n) is 10.8. The van der Waals surface area contributed by atoms with E-state index in [9.17, 15) is 0 Å². The van der Waals surface area contributed by atoms with Gasteiger partial charge in [-0.15, -0.1) is 0 Å². The minimum atomic E-state index is -5.39. The SMILES string of the molecule is N.N.N.N.N.O=P(O)(O)O.O=P([O-])([O-])[O-].[K+].[K+].[Na+]. The van der Waals surface area contributed by atoms with E-state index in [0.29, 0.717) is 0 Å². The van der Waals surface area contributed by atoms with Crippen LogP contribution in [0.15, 0.2) is 0 Å². The quantitative estimate of drug-likeness (QED) is 0.143. The van der Waals surface area contributed by atoms with Crippen LogP contribution >= 0.6 is 15.6 Å². The molecule has 0 atom stereocenters. The molecule has 0 aliphatic carbocycles. The summed E-state index contributed by atoms with van der Waals surface area (Å²) in [5, 5.41) is 0. The van der Waals surface area contributed by atoms with Crippen LogP contribution in [0.25, 0.3) is 0 Å². The van der Waals surface area contributed by atoms with Gasteiger partial charge in [0.25, 0.3) is 0 Å². The van der Waals surface area contributed by atoms with Crippen molar-refractivity contribution in [3.05, 3.63) is 0 Å². The number of hydrogen-bond acceptors (Lipinski definition) is 10. The third-order valence-corrected chi connectivity index (χ3v) is 0. The van der Waals surface area contributed by atoms with Gasteiger partial charge >= 0.3 is 140 Å². The Morgan fingerprint density at radius 1 is 0.667 bits per heavy atom. The molecule has 0 heterocycles. The first-order valence-corrected chi connectivity index (χ1v) is 4.54. The minimum Gasteiger partial charge on any atom is -0.822 e. The molecule has 13 nitrogen and oxygen atoms in total. The molecule has 0 amide bonds. The number of hydrogen-bond donors (Lipinski definition) is 8. The van der Waals surface area contributed by atoms with Crippen molar-refractivity contribution in [2.45, 2.75) is 0 Å². The second-order valence-electron chi connectivity index (χ2n) is 0.960. The first-order valence-electron chi connectivity index (χ1n) is 1.51. The van der Waals surface area contributed by atoms with Gasteiger partial charge in [-0.3, -0.25) is 0 Å². The summed E-state index contributed by atoms with van der Waals surface area (Å²) in [5.41, 5.74) is 0. The molecule has 18 N–H and O–H groups in total. The zero-order chi connectivity index (χ0) is 9.00. The molecule has 0 aliphatic rings. The van der Waals surface area contributed by atoms with Crippen LogP contribution in [0.2, 0.25) is 0 Å². The van der Waals surface area contributed by atoms with E-state index in [1.807, 2.05) is 0 Å². The summed E-state index contributed by atoms with van der Waals surface area (Å²) in [6, 6.07) is 0. The van der Waals surface area contributed by atoms with E-state index >= 15 is 0 Å². The van der Waals surface area contributed by atoms with E-state index in [1.165, 1.54) is 0 Å². The second-order valence-corrected chi connectivity index (χ2v) is 2.88. The van der Waals surface area contributed by atoms with Crippen molar-refractivity contribution < 1.29 is 171 Å². The number of rotatable bonds is 0. The molecule has 18 heteroatoms. The van der Waals surface area contributed by atoms with Crippen molar-refractivity contribution in [1.82, 2.24) is 30.8 Å². The molecule has 0 bridgehead atoms. The largest absolute Gasteiger partial charge is 1.00 e. The molecule has 18 heavy (non-hydrogen) atoms. The van der Waals surface area contributed by atoms with Gasteiger partial charge in [0.2, 0.25) is 0 Å². The van der Waals surface area contributed by atoms with E-state index in [-0.39, 0.29) is 163 Å². The predicted molar refractivity (Wildman–Crippen MR) is 47.0 cm³/mol. The van der Waals surface area contributed by atoms with Gasteiger partial charge in [-0.05, 0) is 0 Å². The molecule has 0 radical (unpaired) electrons. The average molecular weight is 379 g/mol. The number of phosphoric acid groups is 2. The predicted octanol–water partition coefficient (Wildman–Crippen LogP) is -11.9. The Hall–Kier alpha value is 4.29. The van der Waals surface area contributed by atoms with Crippen molar-refractivity contribution in [2.24, 2.45) is 0 Å². The van der Waals surface area contributed by atoms with E-state index in [1.54, 1.807) is 0 Å². The van der Waals surface area contributed by atoms with E-state index in [2.05, 4.69) is 0 Å². The van der Waals surface area contributed by atoms with Gasteiger partial charge in [0.05, 0.1) is 0 Å². The maximum atomic E-state index is 8.88. The Morgan fingerprint density at radius 3 is 0.667 bits per heavy atom. The Labute approximate surface area is 212 Å². The van der Waals surface area contributed by atoms with Crippen LogP contribution in [0.1, 0.15) is 0 Å². The normalized spacial score (nSPS) is 6.56. The van der Waals surface area contributed by atoms with Crippen molar-refractivity contribution in [3.63, 3.8) is 0 Å². The Balaban J connectivity index is -0.00000000615. The van der Waals surface area contributed by atoms with E-state index < -0.39 is 15.6 Å². The van der Waals surface area contributed by atoms with Gasteiger partial charge in [0, 0.05) is 0 Å². The van der Waals surface area contributed by atoms with Crippen molar-refractivity contribution >= 4 is 15.6 Å². The molecule has 0 rings (SSSR count). The minimum absolute atomic E-state index is 0. The third-order valence-electron chi connectivity index (χ3n) is 0. The summed E-state index contributed by atoms with van der Waals surface area (Å²) >= 11 is 0. The molecule has 104 valence electrons. The molecule has 0 saturated carbocycles. The fourth-order valence-corrected chi connectivity index (χ4v) is 0. The first-order chi connectivity index (χ1) is 4.00. The van der Waals surface area contributed by atoms with Crippen molar-refractivity contribution in [3.8, 4) is 0 Å². The van der Waals surface area contributed by atoms with E-state index in [0.717, 1.165) is 0 Å². The van der Waals surface area contributed by atoms with Gasteiger partial charge in [0.15, 0.2) is 0 Å². The van der Waals surface area contributed by atoms with Crippen LogP contribution in [0.4, 0.5) is 0 Å². The molecular formula is H18K2N5NaO8P2. The van der Waals surface area contributed by atoms with Gasteiger partial charge in [-0.25, -0.2) is 4.57 Å². The fraction of sp³-hybridized carbons (Fsp3) is 0. The average Bonchev–Trinajstić information content (AvgIpc) is 1.12. The molecule has 0 aromatic rings. The van der Waals surface area contributed by atoms with Gasteiger partial charge < -0.3 is 64.7 Å². The fourth-order valence-electron chi connectivity index (χ4n) is 0. The maximum Gasteiger partial charge on any atom is 1.00 e. The third kappa shape index (κ3) is 410. The Bertz CT molecular complexity index is 148. The van der Waals surface area contributed by atoms with Gasteiger partial charge in [0.1, 0.15) is 0 Å². The summed E-state index contributed by atoms with van der Waals surface area (Å²) in [5.74, 6) is 0. The molecule has 0 unspecified atom stereocenters. The van der Waals surface area contributed by atoms with E-state index in [4.69, 9.17) is 38.5 Å². The Morgan fingerprint density at radius 2 is 0.667 bits per heavy atom. The topological polar surface area (TPSA) is 339 Å². The van der Waals surface area contributed by atoms with Crippen LogP contribution in [0.3, 0.4) is 0 Å². The van der Waals surface area contributed by atoms with Crippen molar-refractivity contribution in [2.75, 3.05) is 0 Å². The standard InChI is InChI=1S/2K.5H3N.Na.2H3O4P/c;;;;;;;;2*1-5(2,3)4/h;;5*1H3;;2*(H3,1,2,3,4)/q2*+1;;;;;;+1;;/p-3. The molecular weight excluding hydrogens is 361 g/mol. The summed E-state index contributed by atoms with van der Waals surface area (Å²) in [6.45, 7) is 0. The first kappa shape index (κ1) is 66.9. The molecule has 0 saturated heterocycles. The zero-order valence-corrected chi connectivity index (χ0v) is 20.8. The van der Waals surface area contributed by atoms with Crippen LogP contribution < -0.4 is 178 Å². The summed E-state index contributed by atoms with van der Waals surface area (Å²) in [6.07, 6.45) is 0. The Kier molecular flexibility index (Phi) is 123. The summed E-state index contributed by atoms with van der Waals surface area (Å²) in [4.78, 5) is 47.2. The van der Waals surface area contributed by atoms with Crippen LogP contribution in [-0.4, -0.2) is 14.7 Å². The molecule has 0 aromatic heterocycles. The monoisotopic (exact) mass is 379 g/mol. The summed E-state index contributed by atoms with van der Waals surface area (Å²) in [7, 11) is -10.0. The molecule has 0 aliphatic heterocycles. The van der Waals surface area contributed by atoms with Gasteiger partial charge in [-0.1, -0.05) is 0 Å². The molecule has 0 fully saturated rings. The second kappa shape index (κ2) is 33.0. The van der Waals surface area contributed by atoms with Gasteiger partial charge in [-0.2, -0.15) is 7.82 Å². The maximum absolute atomic E-state index is 8.88. The van der Waals surface area contributed by atoms with Crippen LogP contribution in [0, 0.1) is 0 Å². The molecule has 0 aromatic carbocycles.